The van der Waals surface area contributed by atoms with Crippen molar-refractivity contribution in [2.24, 2.45) is 7.05 Å². The van der Waals surface area contributed by atoms with E-state index in [1.165, 1.54) is 16.4 Å². The lowest BCUT2D eigenvalue weighted by Gasteiger charge is -2.14. The van der Waals surface area contributed by atoms with Crippen LogP contribution in [0.4, 0.5) is 0 Å². The van der Waals surface area contributed by atoms with Crippen molar-refractivity contribution < 1.29 is 14.7 Å². The summed E-state index contributed by atoms with van der Waals surface area (Å²) in [6.45, 7) is 3.93. The number of aryl methyl sites for hydroxylation is 2. The molecule has 0 aliphatic carbocycles. The molecule has 0 saturated carbocycles. The number of carboxylic acids is 1. The van der Waals surface area contributed by atoms with E-state index >= 15 is 0 Å². The van der Waals surface area contributed by atoms with Crippen molar-refractivity contribution in [1.29, 1.82) is 0 Å². The monoisotopic (exact) mass is 301 g/mol. The summed E-state index contributed by atoms with van der Waals surface area (Å²) in [4.78, 5) is 23.4. The molecule has 22 heavy (non-hydrogen) atoms. The maximum atomic E-state index is 12.2. The van der Waals surface area contributed by atoms with Gasteiger partial charge in [-0.05, 0) is 24.5 Å². The standard InChI is InChI=1S/C16H19N3O3/c1-4-11-5-7-12(8-6-11)10(2)17-15(20)14-13(16(21)22)9-19(3)18-14/h5-10H,4H2,1-3H3,(H,17,20)(H,21,22)/t10-/m1/s1. The number of carboxylic acid groups (broad SMARTS) is 1. The van der Waals surface area contributed by atoms with Crippen LogP contribution in [0.1, 0.15) is 51.9 Å². The third-order valence-corrected chi connectivity index (χ3v) is 3.51. The molecule has 1 amide bonds. The van der Waals surface area contributed by atoms with Crippen LogP contribution in [0.3, 0.4) is 0 Å². The van der Waals surface area contributed by atoms with E-state index in [1.807, 2.05) is 31.2 Å². The first-order chi connectivity index (χ1) is 10.4. The average Bonchev–Trinajstić information content (AvgIpc) is 2.89. The quantitative estimate of drug-likeness (QED) is 0.886. The number of carbonyl (C=O) groups excluding carboxylic acids is 1. The van der Waals surface area contributed by atoms with E-state index in [9.17, 15) is 9.59 Å². The topological polar surface area (TPSA) is 84.2 Å². The first kappa shape index (κ1) is 15.8. The molecular weight excluding hydrogens is 282 g/mol. The average molecular weight is 301 g/mol. The smallest absolute Gasteiger partial charge is 0.339 e. The molecule has 0 spiro atoms. The Morgan fingerprint density at radius 1 is 1.32 bits per heavy atom. The van der Waals surface area contributed by atoms with Gasteiger partial charge < -0.3 is 10.4 Å². The minimum Gasteiger partial charge on any atom is -0.478 e. The minimum atomic E-state index is -1.17. The van der Waals surface area contributed by atoms with Crippen molar-refractivity contribution in [2.45, 2.75) is 26.3 Å². The fourth-order valence-electron chi connectivity index (χ4n) is 2.20. The number of hydrogen-bond acceptors (Lipinski definition) is 3. The molecular formula is C16H19N3O3. The summed E-state index contributed by atoms with van der Waals surface area (Å²) in [7, 11) is 1.58. The van der Waals surface area contributed by atoms with E-state index in [0.717, 1.165) is 12.0 Å². The Bertz CT molecular complexity index is 689. The van der Waals surface area contributed by atoms with E-state index in [0.29, 0.717) is 0 Å². The summed E-state index contributed by atoms with van der Waals surface area (Å²) >= 11 is 0. The summed E-state index contributed by atoms with van der Waals surface area (Å²) in [5.74, 6) is -1.66. The fourth-order valence-corrected chi connectivity index (χ4v) is 2.20. The van der Waals surface area contributed by atoms with Gasteiger partial charge in [-0.3, -0.25) is 9.48 Å². The molecule has 1 aromatic heterocycles. The van der Waals surface area contributed by atoms with Crippen LogP contribution in [0.2, 0.25) is 0 Å². The van der Waals surface area contributed by atoms with E-state index < -0.39 is 11.9 Å². The minimum absolute atomic E-state index is 0.0768. The molecule has 0 aliphatic rings. The third kappa shape index (κ3) is 3.33. The molecule has 0 aliphatic heterocycles. The highest BCUT2D eigenvalue weighted by Gasteiger charge is 2.22. The molecule has 116 valence electrons. The van der Waals surface area contributed by atoms with Gasteiger partial charge in [0, 0.05) is 13.2 Å². The Morgan fingerprint density at radius 2 is 1.95 bits per heavy atom. The highest BCUT2D eigenvalue weighted by atomic mass is 16.4. The van der Waals surface area contributed by atoms with Gasteiger partial charge in [0.2, 0.25) is 0 Å². The van der Waals surface area contributed by atoms with Gasteiger partial charge in [0.1, 0.15) is 5.56 Å². The van der Waals surface area contributed by atoms with Crippen LogP contribution >= 0.6 is 0 Å². The van der Waals surface area contributed by atoms with E-state index in [4.69, 9.17) is 5.11 Å². The number of amides is 1. The van der Waals surface area contributed by atoms with Gasteiger partial charge in [-0.15, -0.1) is 0 Å². The van der Waals surface area contributed by atoms with Gasteiger partial charge in [0.05, 0.1) is 6.04 Å². The lowest BCUT2D eigenvalue weighted by atomic mass is 10.0. The summed E-state index contributed by atoms with van der Waals surface area (Å²) in [5.41, 5.74) is 2.00. The number of rotatable bonds is 5. The number of nitrogens with one attached hydrogen (secondary N) is 1. The molecule has 0 saturated heterocycles. The molecule has 6 nitrogen and oxygen atoms in total. The zero-order valence-electron chi connectivity index (χ0n) is 12.8. The largest absolute Gasteiger partial charge is 0.478 e. The van der Waals surface area contributed by atoms with Crippen LogP contribution in [0.5, 0.6) is 0 Å². The molecule has 0 fully saturated rings. The molecule has 1 heterocycles. The zero-order chi connectivity index (χ0) is 16.3. The lowest BCUT2D eigenvalue weighted by molar-refractivity contribution is 0.0690. The predicted molar refractivity (Wildman–Crippen MR) is 81.9 cm³/mol. The molecule has 2 aromatic rings. The van der Waals surface area contributed by atoms with Crippen molar-refractivity contribution in [1.82, 2.24) is 15.1 Å². The van der Waals surface area contributed by atoms with Gasteiger partial charge in [0.25, 0.3) is 5.91 Å². The molecule has 2 N–H and O–H groups in total. The van der Waals surface area contributed by atoms with Crippen molar-refractivity contribution in [3.05, 3.63) is 52.8 Å². The molecule has 2 rings (SSSR count). The van der Waals surface area contributed by atoms with Gasteiger partial charge in [-0.25, -0.2) is 4.79 Å². The maximum absolute atomic E-state index is 12.2. The van der Waals surface area contributed by atoms with E-state index in [2.05, 4.69) is 17.3 Å². The summed E-state index contributed by atoms with van der Waals surface area (Å²) in [6, 6.07) is 7.71. The SMILES string of the molecule is CCc1ccc([C@@H](C)NC(=O)c2nn(C)cc2C(=O)O)cc1. The second-order valence-corrected chi connectivity index (χ2v) is 5.16. The van der Waals surface area contributed by atoms with Crippen molar-refractivity contribution in [3.63, 3.8) is 0 Å². The Labute approximate surface area is 128 Å². The Morgan fingerprint density at radius 3 is 2.50 bits per heavy atom. The van der Waals surface area contributed by atoms with Crippen LogP contribution in [0.25, 0.3) is 0 Å². The number of aromatic carboxylic acids is 1. The fraction of sp³-hybridized carbons (Fsp3) is 0.312. The van der Waals surface area contributed by atoms with Crippen LogP contribution in [-0.2, 0) is 13.5 Å². The summed E-state index contributed by atoms with van der Waals surface area (Å²) in [6.07, 6.45) is 2.27. The normalized spacial score (nSPS) is 12.0. The highest BCUT2D eigenvalue weighted by molar-refractivity contribution is 6.03. The van der Waals surface area contributed by atoms with Gasteiger partial charge in [-0.2, -0.15) is 5.10 Å². The first-order valence-corrected chi connectivity index (χ1v) is 7.09. The lowest BCUT2D eigenvalue weighted by Crippen LogP contribution is -2.28. The molecule has 0 radical (unpaired) electrons. The van der Waals surface area contributed by atoms with Gasteiger partial charge in [0.15, 0.2) is 5.69 Å². The van der Waals surface area contributed by atoms with Crippen LogP contribution in [-0.4, -0.2) is 26.8 Å². The highest BCUT2D eigenvalue weighted by Crippen LogP contribution is 2.15. The molecule has 0 bridgehead atoms. The van der Waals surface area contributed by atoms with Gasteiger partial charge >= 0.3 is 5.97 Å². The molecule has 1 atom stereocenters. The Balaban J connectivity index is 2.15. The number of hydrogen-bond donors (Lipinski definition) is 2. The van der Waals surface area contributed by atoms with Crippen molar-refractivity contribution in [2.75, 3.05) is 0 Å². The molecule has 6 heteroatoms. The molecule has 0 unspecified atom stereocenters. The number of benzene rings is 1. The van der Waals surface area contributed by atoms with Crippen LogP contribution in [0, 0.1) is 0 Å². The second-order valence-electron chi connectivity index (χ2n) is 5.16. The number of aromatic nitrogens is 2. The van der Waals surface area contributed by atoms with E-state index in [1.54, 1.807) is 7.05 Å². The van der Waals surface area contributed by atoms with Crippen molar-refractivity contribution >= 4 is 11.9 Å². The van der Waals surface area contributed by atoms with E-state index in [-0.39, 0.29) is 17.3 Å². The summed E-state index contributed by atoms with van der Waals surface area (Å²) in [5, 5.41) is 15.8. The number of nitrogens with zero attached hydrogens (tertiary/aromatic N) is 2. The van der Waals surface area contributed by atoms with Gasteiger partial charge in [-0.1, -0.05) is 31.2 Å². The Kier molecular flexibility index (Phi) is 4.60. The van der Waals surface area contributed by atoms with Crippen LogP contribution in [0.15, 0.2) is 30.5 Å². The third-order valence-electron chi connectivity index (χ3n) is 3.51. The van der Waals surface area contributed by atoms with Crippen LogP contribution < -0.4 is 5.32 Å². The Hall–Kier alpha value is -2.63. The maximum Gasteiger partial charge on any atom is 0.339 e. The first-order valence-electron chi connectivity index (χ1n) is 7.09. The zero-order valence-corrected chi connectivity index (χ0v) is 12.8. The number of carbonyl (C=O) groups is 2. The second kappa shape index (κ2) is 6.43. The van der Waals surface area contributed by atoms with Crippen molar-refractivity contribution in [3.8, 4) is 0 Å². The predicted octanol–water partition coefficient (Wildman–Crippen LogP) is 2.17. The molecule has 1 aromatic carbocycles. The summed E-state index contributed by atoms with van der Waals surface area (Å²) < 4.78 is 1.32.